The molecular weight excluding hydrogens is 371 g/mol. The van der Waals surface area contributed by atoms with E-state index in [9.17, 15) is 9.18 Å². The van der Waals surface area contributed by atoms with Gasteiger partial charge in [0.1, 0.15) is 11.6 Å². The number of carbonyl (C=O) groups excluding carboxylic acids is 1. The van der Waals surface area contributed by atoms with E-state index in [1.54, 1.807) is 19.1 Å². The molecule has 1 saturated carbocycles. The van der Waals surface area contributed by atoms with Gasteiger partial charge in [0.05, 0.1) is 16.6 Å². The maximum absolute atomic E-state index is 14.4. The molecule has 0 saturated heterocycles. The second-order valence-corrected chi connectivity index (χ2v) is 7.30. The Balaban J connectivity index is 2.00. The van der Waals surface area contributed by atoms with Gasteiger partial charge in [-0.05, 0) is 61.6 Å². The number of halogens is 2. The number of rotatable bonds is 3. The number of imidazole rings is 1. The van der Waals surface area contributed by atoms with Crippen molar-refractivity contribution in [3.63, 3.8) is 0 Å². The zero-order valence-electron chi connectivity index (χ0n) is 13.4. The lowest BCUT2D eigenvalue weighted by molar-refractivity contribution is 0.101. The van der Waals surface area contributed by atoms with Gasteiger partial charge in [-0.1, -0.05) is 15.9 Å². The van der Waals surface area contributed by atoms with Crippen LogP contribution in [-0.2, 0) is 7.05 Å². The maximum Gasteiger partial charge on any atom is 0.159 e. The molecule has 1 aliphatic carbocycles. The van der Waals surface area contributed by atoms with Gasteiger partial charge < -0.3 is 4.57 Å². The summed E-state index contributed by atoms with van der Waals surface area (Å²) in [5.74, 6) is 0.765. The molecule has 122 valence electrons. The van der Waals surface area contributed by atoms with Gasteiger partial charge in [-0.15, -0.1) is 0 Å². The summed E-state index contributed by atoms with van der Waals surface area (Å²) in [7, 11) is 1.87. The summed E-state index contributed by atoms with van der Waals surface area (Å²) in [6.07, 6.45) is 2.24. The van der Waals surface area contributed by atoms with E-state index in [0.29, 0.717) is 27.3 Å². The molecule has 0 bridgehead atoms. The Morgan fingerprint density at radius 3 is 2.67 bits per heavy atom. The van der Waals surface area contributed by atoms with Crippen LogP contribution in [0.1, 0.15) is 41.6 Å². The third kappa shape index (κ3) is 2.47. The predicted octanol–water partition coefficient (Wildman–Crippen LogP) is 5.22. The highest BCUT2D eigenvalue weighted by Gasteiger charge is 2.28. The number of Topliss-reactive ketones (excluding diaryl/α,β-unsaturated/α-hetero) is 1. The van der Waals surface area contributed by atoms with E-state index in [4.69, 9.17) is 4.98 Å². The highest BCUT2D eigenvalue weighted by Crippen LogP contribution is 2.44. The minimum absolute atomic E-state index is 0.0383. The number of benzene rings is 2. The third-order valence-corrected chi connectivity index (χ3v) is 5.11. The number of nitrogens with zero attached hydrogens (tertiary/aromatic N) is 2. The van der Waals surface area contributed by atoms with Gasteiger partial charge in [0.2, 0.25) is 0 Å². The normalized spacial score (nSPS) is 14.3. The number of hydrogen-bond donors (Lipinski definition) is 0. The average Bonchev–Trinajstić information content (AvgIpc) is 3.32. The average molecular weight is 387 g/mol. The summed E-state index contributed by atoms with van der Waals surface area (Å²) in [6.45, 7) is 1.57. The first-order valence-corrected chi connectivity index (χ1v) is 8.71. The van der Waals surface area contributed by atoms with Crippen LogP contribution in [0, 0.1) is 5.82 Å². The molecule has 24 heavy (non-hydrogen) atoms. The van der Waals surface area contributed by atoms with E-state index in [0.717, 1.165) is 29.4 Å². The molecule has 0 aliphatic heterocycles. The molecule has 4 rings (SSSR count). The molecule has 3 aromatic rings. The zero-order chi connectivity index (χ0) is 17.0. The van der Waals surface area contributed by atoms with Gasteiger partial charge in [0, 0.05) is 17.1 Å². The number of aromatic nitrogens is 2. The van der Waals surface area contributed by atoms with E-state index in [-0.39, 0.29) is 11.6 Å². The van der Waals surface area contributed by atoms with Crippen LogP contribution >= 0.6 is 15.9 Å². The molecule has 5 heteroatoms. The molecule has 0 N–H and O–H groups in total. The molecule has 0 unspecified atom stereocenters. The fraction of sp³-hybridized carbons (Fsp3) is 0.263. The molecule has 2 aromatic carbocycles. The largest absolute Gasteiger partial charge is 0.327 e. The summed E-state index contributed by atoms with van der Waals surface area (Å²) in [5, 5.41) is 0. The fourth-order valence-corrected chi connectivity index (χ4v) is 3.47. The van der Waals surface area contributed by atoms with E-state index < -0.39 is 0 Å². The molecule has 1 heterocycles. The van der Waals surface area contributed by atoms with E-state index in [2.05, 4.69) is 15.9 Å². The summed E-state index contributed by atoms with van der Waals surface area (Å²) >= 11 is 3.28. The monoisotopic (exact) mass is 386 g/mol. The molecule has 1 aliphatic rings. The van der Waals surface area contributed by atoms with Crippen molar-refractivity contribution in [3.8, 4) is 11.4 Å². The minimum atomic E-state index is -0.317. The van der Waals surface area contributed by atoms with Crippen molar-refractivity contribution >= 4 is 32.7 Å². The molecule has 0 spiro atoms. The van der Waals surface area contributed by atoms with Crippen LogP contribution in [0.4, 0.5) is 4.39 Å². The van der Waals surface area contributed by atoms with Crippen LogP contribution in [0.5, 0.6) is 0 Å². The van der Waals surface area contributed by atoms with Crippen molar-refractivity contribution in [1.82, 2.24) is 9.55 Å². The van der Waals surface area contributed by atoms with Crippen LogP contribution in [-0.4, -0.2) is 15.3 Å². The Hall–Kier alpha value is -2.01. The van der Waals surface area contributed by atoms with E-state index >= 15 is 0 Å². The fourth-order valence-electron chi connectivity index (χ4n) is 3.13. The van der Waals surface area contributed by atoms with Crippen LogP contribution in [0.15, 0.2) is 34.8 Å². The first-order chi connectivity index (χ1) is 11.5. The number of carbonyl (C=O) groups is 1. The van der Waals surface area contributed by atoms with Gasteiger partial charge in [-0.3, -0.25) is 4.79 Å². The first-order valence-electron chi connectivity index (χ1n) is 7.92. The Labute approximate surface area is 147 Å². The molecule has 1 fully saturated rings. The van der Waals surface area contributed by atoms with Gasteiger partial charge >= 0.3 is 0 Å². The van der Waals surface area contributed by atoms with Crippen LogP contribution < -0.4 is 0 Å². The van der Waals surface area contributed by atoms with Crippen molar-refractivity contribution in [3.05, 3.63) is 51.7 Å². The lowest BCUT2D eigenvalue weighted by Gasteiger charge is -2.06. The van der Waals surface area contributed by atoms with Gasteiger partial charge in [-0.2, -0.15) is 0 Å². The third-order valence-electron chi connectivity index (χ3n) is 4.61. The van der Waals surface area contributed by atoms with Crippen molar-refractivity contribution < 1.29 is 9.18 Å². The molecule has 1 aromatic heterocycles. The second kappa shape index (κ2) is 5.52. The van der Waals surface area contributed by atoms with Gasteiger partial charge in [-0.25, -0.2) is 9.37 Å². The van der Waals surface area contributed by atoms with E-state index in [1.807, 2.05) is 23.7 Å². The minimum Gasteiger partial charge on any atom is -0.327 e. The number of hydrogen-bond acceptors (Lipinski definition) is 2. The Bertz CT molecular complexity index is 989. The standard InChI is InChI=1S/C19H16BrFN2O/c1-10(24)12-7-15(11-3-4-11)18-17(8-12)23(2)19(22-18)14-6-5-13(20)9-16(14)21/h5-9,11H,3-4H2,1-2H3. The lowest BCUT2D eigenvalue weighted by Crippen LogP contribution is -1.97. The second-order valence-electron chi connectivity index (χ2n) is 6.38. The Morgan fingerprint density at radius 2 is 2.04 bits per heavy atom. The highest BCUT2D eigenvalue weighted by molar-refractivity contribution is 9.10. The Kier molecular flexibility index (Phi) is 3.57. The summed E-state index contributed by atoms with van der Waals surface area (Å²) < 4.78 is 17.0. The number of ketones is 1. The number of fused-ring (bicyclic) bond motifs is 1. The number of aryl methyl sites for hydroxylation is 1. The molecule has 3 nitrogen and oxygen atoms in total. The first kappa shape index (κ1) is 15.5. The van der Waals surface area contributed by atoms with Crippen LogP contribution in [0.2, 0.25) is 0 Å². The van der Waals surface area contributed by atoms with Crippen LogP contribution in [0.25, 0.3) is 22.4 Å². The Morgan fingerprint density at radius 1 is 1.29 bits per heavy atom. The van der Waals surface area contributed by atoms with Crippen molar-refractivity contribution in [2.24, 2.45) is 7.05 Å². The molecule has 0 radical (unpaired) electrons. The zero-order valence-corrected chi connectivity index (χ0v) is 15.0. The topological polar surface area (TPSA) is 34.9 Å². The van der Waals surface area contributed by atoms with Crippen molar-refractivity contribution in [2.75, 3.05) is 0 Å². The SMILES string of the molecule is CC(=O)c1cc(C2CC2)c2nc(-c3ccc(Br)cc3F)n(C)c2c1. The smallest absolute Gasteiger partial charge is 0.159 e. The van der Waals surface area contributed by atoms with Gasteiger partial charge in [0.15, 0.2) is 5.78 Å². The van der Waals surface area contributed by atoms with Crippen molar-refractivity contribution in [2.45, 2.75) is 25.7 Å². The maximum atomic E-state index is 14.4. The van der Waals surface area contributed by atoms with Crippen LogP contribution in [0.3, 0.4) is 0 Å². The highest BCUT2D eigenvalue weighted by atomic mass is 79.9. The molecule has 0 amide bonds. The summed E-state index contributed by atoms with van der Waals surface area (Å²) in [4.78, 5) is 16.6. The van der Waals surface area contributed by atoms with E-state index in [1.165, 1.54) is 6.07 Å². The predicted molar refractivity (Wildman–Crippen MR) is 95.8 cm³/mol. The lowest BCUT2D eigenvalue weighted by atomic mass is 10.0. The summed E-state index contributed by atoms with van der Waals surface area (Å²) in [5.41, 5.74) is 4.01. The molecule has 0 atom stereocenters. The quantitative estimate of drug-likeness (QED) is 0.578. The van der Waals surface area contributed by atoms with Gasteiger partial charge in [0.25, 0.3) is 0 Å². The van der Waals surface area contributed by atoms with Crippen molar-refractivity contribution in [1.29, 1.82) is 0 Å². The summed E-state index contributed by atoms with van der Waals surface area (Å²) in [6, 6.07) is 8.79. The molecular formula is C19H16BrFN2O.